The number of rotatable bonds is 4. The Morgan fingerprint density at radius 3 is 2.18 bits per heavy atom. The average Bonchev–Trinajstić information content (AvgIpc) is 2.55. The molecular weight excluding hydrogens is 278 g/mol. The minimum atomic E-state index is -0.352. The summed E-state index contributed by atoms with van der Waals surface area (Å²) in [6.07, 6.45) is 0. The van der Waals surface area contributed by atoms with Crippen LogP contribution in [0.15, 0.2) is 42.5 Å². The lowest BCUT2D eigenvalue weighted by Crippen LogP contribution is -2.27. The Hall–Kier alpha value is -2.46. The van der Waals surface area contributed by atoms with E-state index in [2.05, 4.69) is 0 Å². The second kappa shape index (κ2) is 6.54. The summed E-state index contributed by atoms with van der Waals surface area (Å²) in [4.78, 5) is 30.0. The van der Waals surface area contributed by atoms with Crippen molar-refractivity contribution in [1.29, 1.82) is 0 Å². The van der Waals surface area contributed by atoms with E-state index in [1.807, 2.05) is 26.0 Å². The lowest BCUT2D eigenvalue weighted by Gasteiger charge is -2.16. The van der Waals surface area contributed by atoms with Gasteiger partial charge in [0.25, 0.3) is 5.91 Å². The van der Waals surface area contributed by atoms with Crippen molar-refractivity contribution in [3.05, 3.63) is 70.3 Å². The Kier molecular flexibility index (Phi) is 4.73. The van der Waals surface area contributed by atoms with Crippen LogP contribution in [-0.2, 0) is 4.84 Å². The molecule has 0 aliphatic carbocycles. The Balaban J connectivity index is 2.46. The van der Waals surface area contributed by atoms with Gasteiger partial charge < -0.3 is 0 Å². The predicted molar refractivity (Wildman–Crippen MR) is 84.9 cm³/mol. The van der Waals surface area contributed by atoms with E-state index in [0.29, 0.717) is 16.7 Å². The summed E-state index contributed by atoms with van der Waals surface area (Å²) >= 11 is 0. The van der Waals surface area contributed by atoms with Gasteiger partial charge in [0.1, 0.15) is 0 Å². The molecule has 0 aliphatic rings. The molecule has 0 unspecified atom stereocenters. The Bertz CT molecular complexity index is 722. The fourth-order valence-electron chi connectivity index (χ4n) is 2.16. The van der Waals surface area contributed by atoms with Crippen molar-refractivity contribution in [2.24, 2.45) is 0 Å². The van der Waals surface area contributed by atoms with Crippen LogP contribution in [0.3, 0.4) is 0 Å². The molecule has 4 nitrogen and oxygen atoms in total. The molecule has 0 aromatic heterocycles. The smallest absolute Gasteiger partial charge is 0.277 e. The number of ketones is 1. The van der Waals surface area contributed by atoms with Crippen LogP contribution < -0.4 is 0 Å². The molecule has 1 amide bonds. The van der Waals surface area contributed by atoms with Crippen LogP contribution in [0.4, 0.5) is 0 Å². The highest BCUT2D eigenvalue weighted by atomic mass is 16.7. The van der Waals surface area contributed by atoms with Crippen LogP contribution in [0.25, 0.3) is 0 Å². The topological polar surface area (TPSA) is 46.6 Å². The van der Waals surface area contributed by atoms with E-state index in [1.165, 1.54) is 14.2 Å². The quantitative estimate of drug-likeness (QED) is 0.643. The van der Waals surface area contributed by atoms with E-state index in [1.54, 1.807) is 30.3 Å². The molecule has 114 valence electrons. The van der Waals surface area contributed by atoms with Crippen LogP contribution >= 0.6 is 0 Å². The molecule has 0 heterocycles. The summed E-state index contributed by atoms with van der Waals surface area (Å²) in [7, 11) is 2.92. The number of carbonyl (C=O) groups is 2. The first-order chi connectivity index (χ1) is 10.5. The first kappa shape index (κ1) is 15.9. The minimum Gasteiger partial charge on any atom is -0.289 e. The van der Waals surface area contributed by atoms with Gasteiger partial charge in [-0.3, -0.25) is 14.4 Å². The van der Waals surface area contributed by atoms with Crippen LogP contribution in [0.2, 0.25) is 0 Å². The summed E-state index contributed by atoms with van der Waals surface area (Å²) in [5.41, 5.74) is 3.45. The van der Waals surface area contributed by atoms with Gasteiger partial charge in [0.05, 0.1) is 12.7 Å². The van der Waals surface area contributed by atoms with Crippen molar-refractivity contribution < 1.29 is 14.4 Å². The molecule has 0 bridgehead atoms. The first-order valence-corrected chi connectivity index (χ1v) is 6.99. The molecule has 0 saturated heterocycles. The third kappa shape index (κ3) is 3.07. The molecular formula is C18H19NO3. The monoisotopic (exact) mass is 297 g/mol. The standard InChI is InChI=1S/C18H19NO3/c1-12-9-10-14(11-13(12)2)17(20)15-7-5-6-8-16(15)18(21)19(3)22-4/h5-11H,1-4H3. The highest BCUT2D eigenvalue weighted by Crippen LogP contribution is 2.18. The number of nitrogens with zero attached hydrogens (tertiary/aromatic N) is 1. The molecule has 0 aliphatic heterocycles. The van der Waals surface area contributed by atoms with Gasteiger partial charge in [-0.05, 0) is 37.1 Å². The number of hydroxylamine groups is 2. The van der Waals surface area contributed by atoms with Crippen LogP contribution in [-0.4, -0.2) is 30.9 Å². The van der Waals surface area contributed by atoms with Gasteiger partial charge in [-0.2, -0.15) is 0 Å². The minimum absolute atomic E-state index is 0.170. The fraction of sp³-hybridized carbons (Fsp3) is 0.222. The van der Waals surface area contributed by atoms with Crippen LogP contribution in [0, 0.1) is 13.8 Å². The number of aryl methyl sites for hydroxylation is 2. The molecule has 22 heavy (non-hydrogen) atoms. The molecule has 0 atom stereocenters. The van der Waals surface area contributed by atoms with E-state index in [-0.39, 0.29) is 11.7 Å². The molecule has 2 rings (SSSR count). The van der Waals surface area contributed by atoms with Gasteiger partial charge in [-0.25, -0.2) is 5.06 Å². The third-order valence-corrected chi connectivity index (χ3v) is 3.73. The zero-order valence-electron chi connectivity index (χ0n) is 13.2. The van der Waals surface area contributed by atoms with Crippen molar-refractivity contribution >= 4 is 11.7 Å². The zero-order valence-corrected chi connectivity index (χ0v) is 13.2. The summed E-state index contributed by atoms with van der Waals surface area (Å²) < 4.78 is 0. The van der Waals surface area contributed by atoms with Crippen molar-refractivity contribution in [2.75, 3.05) is 14.2 Å². The molecule has 0 fully saturated rings. The van der Waals surface area contributed by atoms with Crippen LogP contribution in [0.1, 0.15) is 37.4 Å². The van der Waals surface area contributed by atoms with Crippen molar-refractivity contribution in [3.8, 4) is 0 Å². The van der Waals surface area contributed by atoms with E-state index in [9.17, 15) is 9.59 Å². The second-order valence-corrected chi connectivity index (χ2v) is 5.16. The van der Waals surface area contributed by atoms with E-state index >= 15 is 0 Å². The van der Waals surface area contributed by atoms with Crippen molar-refractivity contribution in [2.45, 2.75) is 13.8 Å². The summed E-state index contributed by atoms with van der Waals surface area (Å²) in [5.74, 6) is -0.521. The average molecular weight is 297 g/mol. The maximum atomic E-state index is 12.7. The largest absolute Gasteiger partial charge is 0.289 e. The maximum absolute atomic E-state index is 12.7. The Morgan fingerprint density at radius 1 is 0.955 bits per heavy atom. The number of hydrogen-bond acceptors (Lipinski definition) is 3. The van der Waals surface area contributed by atoms with E-state index < -0.39 is 0 Å². The van der Waals surface area contributed by atoms with Gasteiger partial charge in [-0.15, -0.1) is 0 Å². The van der Waals surface area contributed by atoms with Crippen molar-refractivity contribution in [1.82, 2.24) is 5.06 Å². The van der Waals surface area contributed by atoms with Gasteiger partial charge in [0.2, 0.25) is 0 Å². The Morgan fingerprint density at radius 2 is 1.59 bits per heavy atom. The van der Waals surface area contributed by atoms with Gasteiger partial charge >= 0.3 is 0 Å². The fourth-order valence-corrected chi connectivity index (χ4v) is 2.16. The second-order valence-electron chi connectivity index (χ2n) is 5.16. The molecule has 0 radical (unpaired) electrons. The highest BCUT2D eigenvalue weighted by molar-refractivity contribution is 6.15. The summed E-state index contributed by atoms with van der Waals surface area (Å²) in [5, 5.41) is 1.10. The molecule has 4 heteroatoms. The third-order valence-electron chi connectivity index (χ3n) is 3.73. The van der Waals surface area contributed by atoms with Gasteiger partial charge in [-0.1, -0.05) is 30.3 Å². The lowest BCUT2D eigenvalue weighted by molar-refractivity contribution is -0.0757. The van der Waals surface area contributed by atoms with E-state index in [4.69, 9.17) is 4.84 Å². The van der Waals surface area contributed by atoms with Crippen molar-refractivity contribution in [3.63, 3.8) is 0 Å². The van der Waals surface area contributed by atoms with Crippen LogP contribution in [0.5, 0.6) is 0 Å². The molecule has 2 aromatic rings. The number of hydrogen-bond donors (Lipinski definition) is 0. The number of benzene rings is 2. The molecule has 0 saturated carbocycles. The maximum Gasteiger partial charge on any atom is 0.277 e. The Labute approximate surface area is 130 Å². The normalized spacial score (nSPS) is 10.4. The number of amides is 1. The first-order valence-electron chi connectivity index (χ1n) is 6.99. The zero-order chi connectivity index (χ0) is 16.3. The predicted octanol–water partition coefficient (Wildman–Crippen LogP) is 3.17. The lowest BCUT2D eigenvalue weighted by atomic mass is 9.95. The van der Waals surface area contributed by atoms with Gasteiger partial charge in [0.15, 0.2) is 5.78 Å². The highest BCUT2D eigenvalue weighted by Gasteiger charge is 2.20. The van der Waals surface area contributed by atoms with Gasteiger partial charge in [0, 0.05) is 18.2 Å². The summed E-state index contributed by atoms with van der Waals surface area (Å²) in [6.45, 7) is 3.95. The van der Waals surface area contributed by atoms with E-state index in [0.717, 1.165) is 16.2 Å². The molecule has 0 spiro atoms. The SMILES string of the molecule is CON(C)C(=O)c1ccccc1C(=O)c1ccc(C)c(C)c1. The number of carbonyl (C=O) groups excluding carboxylic acids is 2. The molecule has 0 N–H and O–H groups in total. The summed E-state index contributed by atoms with van der Waals surface area (Å²) in [6, 6.07) is 12.3. The molecule has 2 aromatic carbocycles.